The molecule has 3 aliphatic rings. The summed E-state index contributed by atoms with van der Waals surface area (Å²) in [5.74, 6) is -0.0682. The van der Waals surface area contributed by atoms with Gasteiger partial charge in [-0.3, -0.25) is 9.59 Å². The minimum Gasteiger partial charge on any atom is -0.484 e. The number of ether oxygens (including phenoxy) is 1. The van der Waals surface area contributed by atoms with Crippen molar-refractivity contribution in [2.45, 2.75) is 62.6 Å². The molecule has 1 aromatic heterocycles. The number of nitrogens with zero attached hydrogens (tertiary/aromatic N) is 1. The highest BCUT2D eigenvalue weighted by Crippen LogP contribution is 2.47. The summed E-state index contributed by atoms with van der Waals surface area (Å²) in [6, 6.07) is 6.40. The Hall–Kier alpha value is -2.29. The standard InChI is InChI=1S/C22H25Cl2N3O5/c1-2-13-9-17(32-27-13)20(30)26-21-5-7-22(8-6-21,18(28)11-21)25-19(29)12-31-14-3-4-15(23)16(24)10-14/h3-4,9-10,18,28H,2,5-8,11-12H2,1H3,(H,25,29)(H,26,30)/t18-,21?,22?/m0/s1. The Kier molecular flexibility index (Phi) is 6.38. The molecule has 0 aliphatic heterocycles. The van der Waals surface area contributed by atoms with E-state index < -0.39 is 17.2 Å². The van der Waals surface area contributed by atoms with E-state index in [1.165, 1.54) is 0 Å². The minimum absolute atomic E-state index is 0.167. The smallest absolute Gasteiger partial charge is 0.290 e. The Balaban J connectivity index is 1.34. The topological polar surface area (TPSA) is 114 Å². The maximum Gasteiger partial charge on any atom is 0.290 e. The molecule has 5 rings (SSSR count). The number of benzene rings is 1. The summed E-state index contributed by atoms with van der Waals surface area (Å²) in [5, 5.41) is 21.5. The number of aliphatic hydroxyl groups is 1. The molecular formula is C22H25Cl2N3O5. The summed E-state index contributed by atoms with van der Waals surface area (Å²) in [5.41, 5.74) is -0.546. The van der Waals surface area contributed by atoms with Gasteiger partial charge in [0.1, 0.15) is 5.75 Å². The maximum atomic E-state index is 12.6. The van der Waals surface area contributed by atoms with Crippen molar-refractivity contribution in [3.05, 3.63) is 45.8 Å². The van der Waals surface area contributed by atoms with E-state index in [0.29, 0.717) is 60.0 Å². The van der Waals surface area contributed by atoms with Gasteiger partial charge in [0, 0.05) is 17.7 Å². The summed E-state index contributed by atoms with van der Waals surface area (Å²) in [7, 11) is 0. The Morgan fingerprint density at radius 1 is 1.19 bits per heavy atom. The molecule has 32 heavy (non-hydrogen) atoms. The van der Waals surface area contributed by atoms with Crippen LogP contribution in [0, 0.1) is 0 Å². The Bertz CT molecular complexity index is 1020. The van der Waals surface area contributed by atoms with Crippen LogP contribution in [0.3, 0.4) is 0 Å². The van der Waals surface area contributed by atoms with Crippen LogP contribution in [0.1, 0.15) is 55.3 Å². The van der Waals surface area contributed by atoms with Gasteiger partial charge in [-0.25, -0.2) is 0 Å². The van der Waals surface area contributed by atoms with Gasteiger partial charge in [0.25, 0.3) is 11.8 Å². The van der Waals surface area contributed by atoms with Gasteiger partial charge in [-0.05, 0) is 50.7 Å². The summed E-state index contributed by atoms with van der Waals surface area (Å²) >= 11 is 11.9. The van der Waals surface area contributed by atoms with Crippen LogP contribution in [0.5, 0.6) is 5.75 Å². The molecule has 3 fully saturated rings. The zero-order chi connectivity index (χ0) is 22.9. The first-order valence-corrected chi connectivity index (χ1v) is 11.3. The second-order valence-electron chi connectivity index (χ2n) is 8.56. The van der Waals surface area contributed by atoms with Crippen LogP contribution in [0.2, 0.25) is 10.0 Å². The lowest BCUT2D eigenvalue weighted by atomic mass is 9.60. The highest BCUT2D eigenvalue weighted by atomic mass is 35.5. The minimum atomic E-state index is -0.792. The number of aromatic nitrogens is 1. The normalized spacial score (nSPS) is 26.6. The molecule has 2 aromatic rings. The van der Waals surface area contributed by atoms with E-state index >= 15 is 0 Å². The third-order valence-electron chi connectivity index (χ3n) is 6.49. The van der Waals surface area contributed by atoms with Crippen LogP contribution in [0.4, 0.5) is 0 Å². The quantitative estimate of drug-likeness (QED) is 0.558. The van der Waals surface area contributed by atoms with E-state index in [-0.39, 0.29) is 24.2 Å². The van der Waals surface area contributed by atoms with E-state index in [9.17, 15) is 14.7 Å². The lowest BCUT2D eigenvalue weighted by Gasteiger charge is -2.56. The van der Waals surface area contributed by atoms with Crippen molar-refractivity contribution in [1.82, 2.24) is 15.8 Å². The van der Waals surface area contributed by atoms with Crippen molar-refractivity contribution in [2.24, 2.45) is 0 Å². The van der Waals surface area contributed by atoms with Gasteiger partial charge in [-0.15, -0.1) is 0 Å². The molecule has 172 valence electrons. The molecule has 2 bridgehead atoms. The number of aryl methyl sites for hydroxylation is 1. The first-order chi connectivity index (χ1) is 15.2. The number of aliphatic hydroxyl groups excluding tert-OH is 1. The van der Waals surface area contributed by atoms with Gasteiger partial charge < -0.3 is 25.0 Å². The van der Waals surface area contributed by atoms with E-state index in [1.807, 2.05) is 6.92 Å². The molecule has 0 unspecified atom stereocenters. The number of hydrogen-bond donors (Lipinski definition) is 3. The Labute approximate surface area is 195 Å². The second kappa shape index (κ2) is 8.92. The highest BCUT2D eigenvalue weighted by molar-refractivity contribution is 6.42. The predicted molar refractivity (Wildman–Crippen MR) is 118 cm³/mol. The molecule has 8 nitrogen and oxygen atoms in total. The third-order valence-corrected chi connectivity index (χ3v) is 7.23. The average Bonchev–Trinajstić information content (AvgIpc) is 3.25. The third kappa shape index (κ3) is 4.58. The SMILES string of the molecule is CCc1cc(C(=O)NC23CCC(NC(=O)COc4ccc(Cl)c(Cl)c4)(CC2)[C@@H](O)C3)on1. The van der Waals surface area contributed by atoms with Crippen LogP contribution in [-0.2, 0) is 11.2 Å². The summed E-state index contributed by atoms with van der Waals surface area (Å²) in [6.07, 6.45) is 2.60. The fraction of sp³-hybridized carbons (Fsp3) is 0.500. The van der Waals surface area contributed by atoms with Gasteiger partial charge in [0.2, 0.25) is 5.76 Å². The van der Waals surface area contributed by atoms with Crippen molar-refractivity contribution < 1.29 is 24.0 Å². The van der Waals surface area contributed by atoms with E-state index in [1.54, 1.807) is 24.3 Å². The number of rotatable bonds is 7. The lowest BCUT2D eigenvalue weighted by molar-refractivity contribution is -0.132. The van der Waals surface area contributed by atoms with E-state index in [4.69, 9.17) is 32.5 Å². The molecule has 1 atom stereocenters. The second-order valence-corrected chi connectivity index (χ2v) is 9.37. The lowest BCUT2D eigenvalue weighted by Crippen LogP contribution is -2.70. The van der Waals surface area contributed by atoms with Gasteiger partial charge in [-0.2, -0.15) is 0 Å². The molecule has 3 N–H and O–H groups in total. The highest BCUT2D eigenvalue weighted by Gasteiger charge is 2.55. The van der Waals surface area contributed by atoms with Crippen LogP contribution in [-0.4, -0.2) is 45.9 Å². The number of carbonyl (C=O) groups is 2. The number of fused-ring (bicyclic) bond motifs is 3. The van der Waals surface area contributed by atoms with Gasteiger partial charge >= 0.3 is 0 Å². The molecular weight excluding hydrogens is 457 g/mol. The van der Waals surface area contributed by atoms with Crippen molar-refractivity contribution in [1.29, 1.82) is 0 Å². The zero-order valence-electron chi connectivity index (χ0n) is 17.6. The summed E-state index contributed by atoms with van der Waals surface area (Å²) in [4.78, 5) is 25.2. The number of carbonyl (C=O) groups excluding carboxylic acids is 2. The number of amides is 2. The van der Waals surface area contributed by atoms with Crippen molar-refractivity contribution in [2.75, 3.05) is 6.61 Å². The molecule has 0 spiro atoms. The predicted octanol–water partition coefficient (Wildman–Crippen LogP) is 3.29. The van der Waals surface area contributed by atoms with Gasteiger partial charge in [-0.1, -0.05) is 35.3 Å². The first kappa shape index (κ1) is 22.9. The van der Waals surface area contributed by atoms with Crippen LogP contribution < -0.4 is 15.4 Å². The van der Waals surface area contributed by atoms with Crippen molar-refractivity contribution in [3.8, 4) is 5.75 Å². The zero-order valence-corrected chi connectivity index (χ0v) is 19.1. The fourth-order valence-electron chi connectivity index (χ4n) is 4.58. The number of halogens is 2. The van der Waals surface area contributed by atoms with Gasteiger partial charge in [0.15, 0.2) is 6.61 Å². The van der Waals surface area contributed by atoms with Crippen LogP contribution in [0.15, 0.2) is 28.8 Å². The molecule has 1 heterocycles. The number of nitrogens with one attached hydrogen (secondary N) is 2. The molecule has 0 radical (unpaired) electrons. The Morgan fingerprint density at radius 2 is 1.94 bits per heavy atom. The number of hydrogen-bond acceptors (Lipinski definition) is 6. The monoisotopic (exact) mass is 481 g/mol. The first-order valence-electron chi connectivity index (χ1n) is 10.6. The van der Waals surface area contributed by atoms with E-state index in [2.05, 4.69) is 15.8 Å². The largest absolute Gasteiger partial charge is 0.484 e. The average molecular weight is 482 g/mol. The summed E-state index contributed by atoms with van der Waals surface area (Å²) in [6.45, 7) is 1.72. The molecule has 3 aliphatic carbocycles. The molecule has 2 amide bonds. The molecule has 3 saturated carbocycles. The van der Waals surface area contributed by atoms with Crippen LogP contribution >= 0.6 is 23.2 Å². The van der Waals surface area contributed by atoms with Crippen LogP contribution in [0.25, 0.3) is 0 Å². The van der Waals surface area contributed by atoms with Crippen molar-refractivity contribution >= 4 is 35.0 Å². The Morgan fingerprint density at radius 3 is 2.56 bits per heavy atom. The fourth-order valence-corrected chi connectivity index (χ4v) is 4.87. The molecule has 10 heteroatoms. The molecule has 1 aromatic carbocycles. The maximum absolute atomic E-state index is 12.6. The van der Waals surface area contributed by atoms with Gasteiger partial charge in [0.05, 0.1) is 27.4 Å². The molecule has 0 saturated heterocycles. The van der Waals surface area contributed by atoms with E-state index in [0.717, 1.165) is 0 Å². The summed E-state index contributed by atoms with van der Waals surface area (Å²) < 4.78 is 10.6. The van der Waals surface area contributed by atoms with Crippen molar-refractivity contribution in [3.63, 3.8) is 0 Å².